The van der Waals surface area contributed by atoms with Gasteiger partial charge in [-0.3, -0.25) is 5.43 Å². The molecule has 2 N–H and O–H groups in total. The fourth-order valence-corrected chi connectivity index (χ4v) is 3.40. The molecule has 0 radical (unpaired) electrons. The Labute approximate surface area is 133 Å². The Morgan fingerprint density at radius 3 is 2.62 bits per heavy atom. The van der Waals surface area contributed by atoms with Gasteiger partial charge in [0.15, 0.2) is 5.11 Å². The Balaban J connectivity index is 1.92. The van der Waals surface area contributed by atoms with E-state index in [4.69, 9.17) is 12.2 Å². The molecular formula is C16H26N4S. The van der Waals surface area contributed by atoms with E-state index in [2.05, 4.69) is 54.2 Å². The van der Waals surface area contributed by atoms with Crippen molar-refractivity contribution in [3.05, 3.63) is 23.0 Å². The highest BCUT2D eigenvalue weighted by atomic mass is 32.1. The van der Waals surface area contributed by atoms with Crippen LogP contribution >= 0.6 is 12.2 Å². The third-order valence-corrected chi connectivity index (χ3v) is 4.31. The summed E-state index contributed by atoms with van der Waals surface area (Å²) in [4.78, 5) is 0. The van der Waals surface area contributed by atoms with Gasteiger partial charge in [-0.25, -0.2) is 0 Å². The van der Waals surface area contributed by atoms with Gasteiger partial charge in [0, 0.05) is 29.0 Å². The first-order valence-electron chi connectivity index (χ1n) is 7.77. The fourth-order valence-electron chi connectivity index (χ4n) is 3.18. The lowest BCUT2D eigenvalue weighted by molar-refractivity contribution is 0.574. The summed E-state index contributed by atoms with van der Waals surface area (Å²) in [6, 6.07) is 3.14. The molecule has 0 bridgehead atoms. The molecule has 0 atom stereocenters. The van der Waals surface area contributed by atoms with Crippen molar-refractivity contribution in [2.45, 2.75) is 65.5 Å². The molecule has 1 heterocycles. The van der Waals surface area contributed by atoms with E-state index in [1.54, 1.807) is 0 Å². The second-order valence-corrected chi connectivity index (χ2v) is 6.52. The summed E-state index contributed by atoms with van der Waals surface area (Å²) in [5, 5.41) is 8.20. The summed E-state index contributed by atoms with van der Waals surface area (Å²) < 4.78 is 2.32. The summed E-state index contributed by atoms with van der Waals surface area (Å²) in [6.45, 7) is 8.65. The van der Waals surface area contributed by atoms with Crippen LogP contribution in [0.1, 0.15) is 62.5 Å². The summed E-state index contributed by atoms with van der Waals surface area (Å²) in [5.41, 5.74) is 6.56. The van der Waals surface area contributed by atoms with Crippen LogP contribution in [-0.2, 0) is 0 Å². The molecule has 0 saturated heterocycles. The van der Waals surface area contributed by atoms with Crippen LogP contribution in [0, 0.1) is 13.8 Å². The van der Waals surface area contributed by atoms with Crippen LogP contribution in [0.25, 0.3) is 0 Å². The number of aryl methyl sites for hydroxylation is 1. The Morgan fingerprint density at radius 1 is 1.38 bits per heavy atom. The number of aromatic nitrogens is 1. The van der Waals surface area contributed by atoms with Crippen LogP contribution in [0.15, 0.2) is 11.2 Å². The molecule has 0 unspecified atom stereocenters. The molecule has 1 aliphatic rings. The van der Waals surface area contributed by atoms with Gasteiger partial charge in [0.1, 0.15) is 0 Å². The van der Waals surface area contributed by atoms with E-state index in [1.807, 2.05) is 6.21 Å². The first kappa shape index (κ1) is 16.0. The van der Waals surface area contributed by atoms with Crippen molar-refractivity contribution in [2.75, 3.05) is 0 Å². The zero-order chi connectivity index (χ0) is 15.4. The third-order valence-electron chi connectivity index (χ3n) is 4.10. The number of nitrogens with one attached hydrogen (secondary N) is 2. The minimum Gasteiger partial charge on any atom is -0.359 e. The van der Waals surface area contributed by atoms with Crippen LogP contribution < -0.4 is 10.7 Å². The first-order chi connectivity index (χ1) is 9.99. The zero-order valence-corrected chi connectivity index (χ0v) is 14.3. The van der Waals surface area contributed by atoms with E-state index in [0.717, 1.165) is 5.56 Å². The molecule has 0 aromatic carbocycles. The van der Waals surface area contributed by atoms with Crippen molar-refractivity contribution in [3.63, 3.8) is 0 Å². The van der Waals surface area contributed by atoms with E-state index in [1.165, 1.54) is 37.1 Å². The average Bonchev–Trinajstić information content (AvgIpc) is 2.98. The quantitative estimate of drug-likeness (QED) is 0.509. The average molecular weight is 306 g/mol. The van der Waals surface area contributed by atoms with Gasteiger partial charge in [0.2, 0.25) is 0 Å². The van der Waals surface area contributed by atoms with E-state index >= 15 is 0 Å². The minimum absolute atomic E-state index is 0.463. The molecule has 1 aromatic rings. The molecule has 1 aromatic heterocycles. The molecule has 5 heteroatoms. The van der Waals surface area contributed by atoms with Gasteiger partial charge in [-0.15, -0.1) is 0 Å². The van der Waals surface area contributed by atoms with Gasteiger partial charge in [-0.05, 0) is 58.8 Å². The van der Waals surface area contributed by atoms with Crippen molar-refractivity contribution in [3.8, 4) is 0 Å². The van der Waals surface area contributed by atoms with Crippen molar-refractivity contribution in [1.29, 1.82) is 0 Å². The van der Waals surface area contributed by atoms with Crippen LogP contribution in [0.5, 0.6) is 0 Å². The summed E-state index contributed by atoms with van der Waals surface area (Å²) in [7, 11) is 0. The highest BCUT2D eigenvalue weighted by Gasteiger charge is 2.15. The number of rotatable bonds is 4. The number of hydrogen-bond donors (Lipinski definition) is 2. The monoisotopic (exact) mass is 306 g/mol. The van der Waals surface area contributed by atoms with Crippen LogP contribution in [0.2, 0.25) is 0 Å². The van der Waals surface area contributed by atoms with Gasteiger partial charge in [0.05, 0.1) is 6.21 Å². The molecule has 1 fully saturated rings. The topological polar surface area (TPSA) is 41.4 Å². The van der Waals surface area contributed by atoms with Crippen LogP contribution in [0.4, 0.5) is 0 Å². The molecule has 0 amide bonds. The number of hydrogen-bond acceptors (Lipinski definition) is 2. The molecule has 116 valence electrons. The van der Waals surface area contributed by atoms with Gasteiger partial charge in [0.25, 0.3) is 0 Å². The maximum atomic E-state index is 5.27. The van der Waals surface area contributed by atoms with Crippen molar-refractivity contribution >= 4 is 23.5 Å². The fraction of sp³-hybridized carbons (Fsp3) is 0.625. The lowest BCUT2D eigenvalue weighted by Crippen LogP contribution is -2.38. The van der Waals surface area contributed by atoms with E-state index in [0.29, 0.717) is 17.2 Å². The van der Waals surface area contributed by atoms with E-state index in [-0.39, 0.29) is 0 Å². The number of hydrazone groups is 1. The minimum atomic E-state index is 0.463. The molecule has 4 nitrogen and oxygen atoms in total. The predicted octanol–water partition coefficient (Wildman–Crippen LogP) is 3.43. The first-order valence-corrected chi connectivity index (χ1v) is 8.18. The van der Waals surface area contributed by atoms with Gasteiger partial charge < -0.3 is 9.88 Å². The highest BCUT2D eigenvalue weighted by molar-refractivity contribution is 7.80. The Morgan fingerprint density at radius 2 is 2.05 bits per heavy atom. The second-order valence-electron chi connectivity index (χ2n) is 6.12. The molecule has 1 saturated carbocycles. The molecule has 21 heavy (non-hydrogen) atoms. The number of nitrogens with zero attached hydrogens (tertiary/aromatic N) is 2. The molecule has 0 aliphatic heterocycles. The molecule has 1 aliphatic carbocycles. The lowest BCUT2D eigenvalue weighted by atomic mass is 10.2. The Bertz CT molecular complexity index is 525. The summed E-state index contributed by atoms with van der Waals surface area (Å²) in [6.07, 6.45) is 6.86. The van der Waals surface area contributed by atoms with Crippen LogP contribution in [-0.4, -0.2) is 21.9 Å². The normalized spacial score (nSPS) is 16.0. The SMILES string of the molecule is Cc1cc(/C=N\NC(=S)NC2CCCC2)c(C)n1C(C)C. The smallest absolute Gasteiger partial charge is 0.187 e. The molecule has 0 spiro atoms. The van der Waals surface area contributed by atoms with E-state index < -0.39 is 0 Å². The lowest BCUT2D eigenvalue weighted by Gasteiger charge is -2.13. The summed E-state index contributed by atoms with van der Waals surface area (Å²) >= 11 is 5.27. The van der Waals surface area contributed by atoms with Crippen molar-refractivity contribution in [2.24, 2.45) is 5.10 Å². The predicted molar refractivity (Wildman–Crippen MR) is 93.0 cm³/mol. The zero-order valence-electron chi connectivity index (χ0n) is 13.4. The largest absolute Gasteiger partial charge is 0.359 e. The van der Waals surface area contributed by atoms with Gasteiger partial charge >= 0.3 is 0 Å². The molecular weight excluding hydrogens is 280 g/mol. The summed E-state index contributed by atoms with van der Waals surface area (Å²) in [5.74, 6) is 0. The number of thiocarbonyl (C=S) groups is 1. The van der Waals surface area contributed by atoms with Gasteiger partial charge in [-0.1, -0.05) is 12.8 Å². The Hall–Kier alpha value is -1.36. The van der Waals surface area contributed by atoms with Crippen LogP contribution in [0.3, 0.4) is 0 Å². The maximum absolute atomic E-state index is 5.27. The maximum Gasteiger partial charge on any atom is 0.187 e. The second kappa shape index (κ2) is 7.07. The van der Waals surface area contributed by atoms with Crippen molar-refractivity contribution in [1.82, 2.24) is 15.3 Å². The highest BCUT2D eigenvalue weighted by Crippen LogP contribution is 2.19. The van der Waals surface area contributed by atoms with Gasteiger partial charge in [-0.2, -0.15) is 5.10 Å². The van der Waals surface area contributed by atoms with Crippen molar-refractivity contribution < 1.29 is 0 Å². The third kappa shape index (κ3) is 4.06. The molecule has 2 rings (SSSR count). The van der Waals surface area contributed by atoms with E-state index in [9.17, 15) is 0 Å². The standard InChI is InChI=1S/C16H26N4S/c1-11(2)20-12(3)9-14(13(20)4)10-17-19-16(21)18-15-7-5-6-8-15/h9-11,15H,5-8H2,1-4H3,(H2,18,19,21)/b17-10-. The Kier molecular flexibility index (Phi) is 5.39.